The molecule has 0 saturated carbocycles. The lowest BCUT2D eigenvalue weighted by Gasteiger charge is -2.13. The second-order valence-electron chi connectivity index (χ2n) is 4.11. The van der Waals surface area contributed by atoms with Gasteiger partial charge in [0.1, 0.15) is 6.54 Å². The highest BCUT2D eigenvalue weighted by atomic mass is 32.1. The van der Waals surface area contributed by atoms with Crippen LogP contribution in [0.4, 0.5) is 0 Å². The lowest BCUT2D eigenvalue weighted by atomic mass is 10.1. The fourth-order valence-corrected chi connectivity index (χ4v) is 3.03. The van der Waals surface area contributed by atoms with E-state index in [0.29, 0.717) is 4.88 Å². The lowest BCUT2D eigenvalue weighted by Crippen LogP contribution is -2.31. The molecule has 5 heteroatoms. The minimum absolute atomic E-state index is 0.240. The first-order chi connectivity index (χ1) is 8.50. The van der Waals surface area contributed by atoms with Crippen LogP contribution in [0.25, 0.3) is 10.1 Å². The van der Waals surface area contributed by atoms with Gasteiger partial charge in [0.05, 0.1) is 4.88 Å². The number of rotatable bonds is 3. The monoisotopic (exact) mass is 263 g/mol. The summed E-state index contributed by atoms with van der Waals surface area (Å²) >= 11 is 1.40. The highest BCUT2D eigenvalue weighted by molar-refractivity contribution is 7.21. The Morgan fingerprint density at radius 3 is 2.61 bits per heavy atom. The van der Waals surface area contributed by atoms with Crippen LogP contribution in [0, 0.1) is 6.92 Å². The van der Waals surface area contributed by atoms with E-state index in [0.717, 1.165) is 15.6 Å². The van der Waals surface area contributed by atoms with Gasteiger partial charge in [0.25, 0.3) is 5.91 Å². The first-order valence-corrected chi connectivity index (χ1v) is 6.27. The Hall–Kier alpha value is -1.88. The van der Waals surface area contributed by atoms with Crippen LogP contribution >= 0.6 is 11.3 Å². The third-order valence-corrected chi connectivity index (χ3v) is 4.02. The molecule has 4 nitrogen and oxygen atoms in total. The first-order valence-electron chi connectivity index (χ1n) is 5.46. The van der Waals surface area contributed by atoms with Crippen molar-refractivity contribution in [2.24, 2.45) is 0 Å². The van der Waals surface area contributed by atoms with E-state index in [9.17, 15) is 9.59 Å². The number of aliphatic carboxylic acids is 1. The average molecular weight is 263 g/mol. The van der Waals surface area contributed by atoms with Crippen LogP contribution in [0.15, 0.2) is 24.3 Å². The standard InChI is InChI=1S/C13H13NO3S/c1-8-9-5-3-4-6-10(9)18-12(8)13(17)14(2)7-11(15)16/h3-6H,7H2,1-2H3,(H,15,16). The second kappa shape index (κ2) is 4.78. The van der Waals surface area contributed by atoms with E-state index >= 15 is 0 Å². The van der Waals surface area contributed by atoms with Gasteiger partial charge < -0.3 is 10.0 Å². The van der Waals surface area contributed by atoms with Crippen LogP contribution in [0.1, 0.15) is 15.2 Å². The van der Waals surface area contributed by atoms with Gasteiger partial charge in [-0.05, 0) is 23.9 Å². The normalized spacial score (nSPS) is 10.6. The average Bonchev–Trinajstić information content (AvgIpc) is 2.66. The molecular formula is C13H13NO3S. The summed E-state index contributed by atoms with van der Waals surface area (Å²) < 4.78 is 1.04. The molecule has 0 fully saturated rings. The molecule has 1 heterocycles. The molecule has 0 radical (unpaired) electrons. The van der Waals surface area contributed by atoms with Gasteiger partial charge in [-0.25, -0.2) is 0 Å². The summed E-state index contributed by atoms with van der Waals surface area (Å²) in [5.74, 6) is -1.25. The van der Waals surface area contributed by atoms with Crippen molar-refractivity contribution >= 4 is 33.3 Å². The molecule has 1 aromatic heterocycles. The maximum absolute atomic E-state index is 12.1. The SMILES string of the molecule is Cc1c(C(=O)N(C)CC(=O)O)sc2ccccc12. The quantitative estimate of drug-likeness (QED) is 0.924. The van der Waals surface area contributed by atoms with Crippen LogP contribution in [0.3, 0.4) is 0 Å². The number of amides is 1. The summed E-state index contributed by atoms with van der Waals surface area (Å²) in [6.07, 6.45) is 0. The van der Waals surface area contributed by atoms with E-state index in [-0.39, 0.29) is 12.5 Å². The number of fused-ring (bicyclic) bond motifs is 1. The molecule has 0 atom stereocenters. The van der Waals surface area contributed by atoms with Gasteiger partial charge in [-0.3, -0.25) is 9.59 Å². The van der Waals surface area contributed by atoms with Gasteiger partial charge in [-0.2, -0.15) is 0 Å². The van der Waals surface area contributed by atoms with Gasteiger partial charge in [0.15, 0.2) is 0 Å². The van der Waals surface area contributed by atoms with Crippen LogP contribution < -0.4 is 0 Å². The van der Waals surface area contributed by atoms with Crippen LogP contribution in [0.2, 0.25) is 0 Å². The number of carbonyl (C=O) groups is 2. The zero-order valence-corrected chi connectivity index (χ0v) is 11.0. The molecule has 1 amide bonds. The van der Waals surface area contributed by atoms with Crippen LogP contribution in [-0.2, 0) is 4.79 Å². The number of nitrogens with zero attached hydrogens (tertiary/aromatic N) is 1. The summed E-state index contributed by atoms with van der Waals surface area (Å²) in [6.45, 7) is 1.60. The molecule has 1 N–H and O–H groups in total. The number of carboxylic acid groups (broad SMARTS) is 1. The van der Waals surface area contributed by atoms with Crippen molar-refractivity contribution in [2.75, 3.05) is 13.6 Å². The smallest absolute Gasteiger partial charge is 0.323 e. The number of carbonyl (C=O) groups excluding carboxylic acids is 1. The van der Waals surface area contributed by atoms with Crippen molar-refractivity contribution in [1.29, 1.82) is 0 Å². The molecule has 1 aromatic carbocycles. The minimum Gasteiger partial charge on any atom is -0.480 e. The minimum atomic E-state index is -1.01. The highest BCUT2D eigenvalue weighted by Crippen LogP contribution is 2.31. The summed E-state index contributed by atoms with van der Waals surface area (Å²) in [5.41, 5.74) is 0.915. The number of hydrogen-bond donors (Lipinski definition) is 1. The predicted octanol–water partition coefficient (Wildman–Crippen LogP) is 2.37. The Kier molecular flexibility index (Phi) is 3.34. The van der Waals surface area contributed by atoms with Crippen molar-refractivity contribution in [2.45, 2.75) is 6.92 Å². The Morgan fingerprint density at radius 2 is 2.00 bits per heavy atom. The molecular weight excluding hydrogens is 250 g/mol. The van der Waals surface area contributed by atoms with Gasteiger partial charge >= 0.3 is 5.97 Å². The molecule has 2 rings (SSSR count). The summed E-state index contributed by atoms with van der Waals surface area (Å²) in [5, 5.41) is 9.75. The molecule has 0 unspecified atom stereocenters. The molecule has 0 aliphatic heterocycles. The molecule has 2 aromatic rings. The molecule has 18 heavy (non-hydrogen) atoms. The Bertz CT molecular complexity index is 618. The van der Waals surface area contributed by atoms with Crippen molar-refractivity contribution in [3.63, 3.8) is 0 Å². The van der Waals surface area contributed by atoms with Crippen LogP contribution in [0.5, 0.6) is 0 Å². The topological polar surface area (TPSA) is 57.6 Å². The van der Waals surface area contributed by atoms with Crippen molar-refractivity contribution in [1.82, 2.24) is 4.90 Å². The van der Waals surface area contributed by atoms with Crippen molar-refractivity contribution < 1.29 is 14.7 Å². The lowest BCUT2D eigenvalue weighted by molar-refractivity contribution is -0.137. The highest BCUT2D eigenvalue weighted by Gasteiger charge is 2.19. The summed E-state index contributed by atoms with van der Waals surface area (Å²) in [6, 6.07) is 7.78. The maximum Gasteiger partial charge on any atom is 0.323 e. The summed E-state index contributed by atoms with van der Waals surface area (Å²) in [4.78, 5) is 24.6. The van der Waals surface area contributed by atoms with E-state index in [1.807, 2.05) is 31.2 Å². The second-order valence-corrected chi connectivity index (χ2v) is 5.16. The molecule has 0 saturated heterocycles. The van der Waals surface area contributed by atoms with Gasteiger partial charge in [-0.1, -0.05) is 18.2 Å². The van der Waals surface area contributed by atoms with Crippen molar-refractivity contribution in [3.8, 4) is 0 Å². The van der Waals surface area contributed by atoms with Gasteiger partial charge in [-0.15, -0.1) is 11.3 Å². The van der Waals surface area contributed by atoms with E-state index < -0.39 is 5.97 Å². The molecule has 94 valence electrons. The Labute approximate surface area is 108 Å². The fraction of sp³-hybridized carbons (Fsp3) is 0.231. The number of hydrogen-bond acceptors (Lipinski definition) is 3. The van der Waals surface area contributed by atoms with Gasteiger partial charge in [0, 0.05) is 11.7 Å². The Balaban J connectivity index is 2.39. The third kappa shape index (κ3) is 2.22. The van der Waals surface area contributed by atoms with Gasteiger partial charge in [0.2, 0.25) is 0 Å². The molecule has 0 bridgehead atoms. The van der Waals surface area contributed by atoms with Crippen LogP contribution in [-0.4, -0.2) is 35.5 Å². The molecule has 0 aliphatic carbocycles. The van der Waals surface area contributed by atoms with E-state index in [1.54, 1.807) is 0 Å². The fourth-order valence-electron chi connectivity index (χ4n) is 1.83. The first kappa shape index (κ1) is 12.6. The number of likely N-dealkylation sites (N-methyl/N-ethyl adjacent to an activating group) is 1. The van der Waals surface area contributed by atoms with E-state index in [2.05, 4.69) is 0 Å². The predicted molar refractivity (Wildman–Crippen MR) is 71.2 cm³/mol. The number of carboxylic acids is 1. The number of aryl methyl sites for hydroxylation is 1. The van der Waals surface area contributed by atoms with E-state index in [1.165, 1.54) is 23.3 Å². The molecule has 0 aliphatic rings. The number of benzene rings is 1. The van der Waals surface area contributed by atoms with E-state index in [4.69, 9.17) is 5.11 Å². The third-order valence-electron chi connectivity index (χ3n) is 2.76. The zero-order valence-electron chi connectivity index (χ0n) is 10.1. The maximum atomic E-state index is 12.1. The number of thiophene rings is 1. The zero-order chi connectivity index (χ0) is 13.3. The Morgan fingerprint density at radius 1 is 1.33 bits per heavy atom. The largest absolute Gasteiger partial charge is 0.480 e. The van der Waals surface area contributed by atoms with Crippen molar-refractivity contribution in [3.05, 3.63) is 34.7 Å². The summed E-state index contributed by atoms with van der Waals surface area (Å²) in [7, 11) is 1.50. The molecule has 0 spiro atoms.